The molecule has 1 aromatic rings. The topological polar surface area (TPSA) is 66.8 Å². The molecule has 1 heterocycles. The minimum absolute atomic E-state index is 0.416. The molecule has 1 aromatic carbocycles. The molecule has 1 saturated heterocycles. The van der Waals surface area contributed by atoms with E-state index in [0.717, 1.165) is 4.90 Å². The number of rotatable bonds is 2. The van der Waals surface area contributed by atoms with E-state index in [1.54, 1.807) is 25.1 Å². The molecule has 0 aliphatic carbocycles. The summed E-state index contributed by atoms with van der Waals surface area (Å²) in [6.45, 7) is 1.54. The molecule has 0 saturated carbocycles. The quantitative estimate of drug-likeness (QED) is 0.879. The molecule has 90 valence electrons. The van der Waals surface area contributed by atoms with Crippen molar-refractivity contribution in [2.45, 2.75) is 19.1 Å². The number of carboxylic acids is 1. The molecule has 0 bridgehead atoms. The highest BCUT2D eigenvalue weighted by Gasteiger charge is 2.44. The first-order valence-electron chi connectivity index (χ1n) is 4.99. The molecule has 2 unspecified atom stereocenters. The molecule has 5 nitrogen and oxygen atoms in total. The number of amides is 1. The number of carbonyl (C=O) groups is 2. The normalized spacial score (nSPS) is 23.6. The molecular weight excluding hydrogens is 246 g/mol. The summed E-state index contributed by atoms with van der Waals surface area (Å²) in [5.74, 6) is -1.11. The van der Waals surface area contributed by atoms with E-state index in [4.69, 9.17) is 21.4 Å². The van der Waals surface area contributed by atoms with Crippen molar-refractivity contribution < 1.29 is 19.4 Å². The first-order valence-corrected chi connectivity index (χ1v) is 5.36. The number of hydrogen-bond acceptors (Lipinski definition) is 3. The summed E-state index contributed by atoms with van der Waals surface area (Å²) in [6.07, 6.45) is -1.37. The third-order valence-electron chi connectivity index (χ3n) is 2.55. The van der Waals surface area contributed by atoms with Gasteiger partial charge in [-0.15, -0.1) is 0 Å². The van der Waals surface area contributed by atoms with Crippen LogP contribution in [-0.2, 0) is 9.53 Å². The van der Waals surface area contributed by atoms with Gasteiger partial charge in [0.25, 0.3) is 0 Å². The van der Waals surface area contributed by atoms with Crippen LogP contribution >= 0.6 is 11.6 Å². The molecule has 2 atom stereocenters. The number of benzene rings is 1. The van der Waals surface area contributed by atoms with Crippen LogP contribution in [0.1, 0.15) is 6.92 Å². The lowest BCUT2D eigenvalue weighted by atomic mass is 10.1. The van der Waals surface area contributed by atoms with Crippen molar-refractivity contribution in [1.82, 2.24) is 0 Å². The van der Waals surface area contributed by atoms with Gasteiger partial charge < -0.3 is 9.84 Å². The molecule has 2 rings (SSSR count). The van der Waals surface area contributed by atoms with Crippen molar-refractivity contribution in [2.75, 3.05) is 4.90 Å². The van der Waals surface area contributed by atoms with E-state index >= 15 is 0 Å². The van der Waals surface area contributed by atoms with Crippen molar-refractivity contribution in [3.05, 3.63) is 29.3 Å². The predicted molar refractivity (Wildman–Crippen MR) is 61.3 cm³/mol. The Morgan fingerprint density at radius 2 is 2.24 bits per heavy atom. The standard InChI is InChI=1S/C11H10ClNO4/c1-6-9(10(14)15)13(11(16)17-6)8-4-2-3-7(12)5-8/h2-6,9H,1H3,(H,14,15). The van der Waals surface area contributed by atoms with Gasteiger partial charge in [-0.3, -0.25) is 4.90 Å². The van der Waals surface area contributed by atoms with Crippen molar-refractivity contribution >= 4 is 29.4 Å². The molecule has 0 radical (unpaired) electrons. The van der Waals surface area contributed by atoms with Crippen LogP contribution in [-0.4, -0.2) is 29.3 Å². The van der Waals surface area contributed by atoms with Crippen LogP contribution in [0.5, 0.6) is 0 Å². The van der Waals surface area contributed by atoms with Crippen LogP contribution in [0.4, 0.5) is 10.5 Å². The maximum Gasteiger partial charge on any atom is 0.415 e. The smallest absolute Gasteiger partial charge is 0.415 e. The van der Waals surface area contributed by atoms with Gasteiger partial charge in [-0.05, 0) is 25.1 Å². The number of hydrogen-bond donors (Lipinski definition) is 1. The lowest BCUT2D eigenvalue weighted by Crippen LogP contribution is -2.42. The van der Waals surface area contributed by atoms with Crippen LogP contribution in [0.3, 0.4) is 0 Å². The van der Waals surface area contributed by atoms with Gasteiger partial charge in [0.05, 0.1) is 0 Å². The zero-order chi connectivity index (χ0) is 12.6. The molecular formula is C11H10ClNO4. The first kappa shape index (κ1) is 11.7. The first-order chi connectivity index (χ1) is 8.00. The second-order valence-electron chi connectivity index (χ2n) is 3.72. The van der Waals surface area contributed by atoms with E-state index in [1.165, 1.54) is 6.07 Å². The maximum atomic E-state index is 11.6. The highest BCUT2D eigenvalue weighted by Crippen LogP contribution is 2.28. The van der Waals surface area contributed by atoms with Crippen molar-refractivity contribution in [3.63, 3.8) is 0 Å². The molecule has 0 spiro atoms. The minimum atomic E-state index is -1.11. The van der Waals surface area contributed by atoms with Gasteiger partial charge >= 0.3 is 12.1 Å². The van der Waals surface area contributed by atoms with E-state index in [0.29, 0.717) is 10.7 Å². The average molecular weight is 256 g/mol. The van der Waals surface area contributed by atoms with E-state index < -0.39 is 24.2 Å². The lowest BCUT2D eigenvalue weighted by Gasteiger charge is -2.19. The van der Waals surface area contributed by atoms with Crippen molar-refractivity contribution in [1.29, 1.82) is 0 Å². The van der Waals surface area contributed by atoms with Gasteiger partial charge in [0, 0.05) is 10.7 Å². The molecule has 1 aliphatic rings. The Morgan fingerprint density at radius 3 is 2.82 bits per heavy atom. The largest absolute Gasteiger partial charge is 0.480 e. The number of nitrogens with zero attached hydrogens (tertiary/aromatic N) is 1. The van der Waals surface area contributed by atoms with E-state index in [2.05, 4.69) is 0 Å². The fraction of sp³-hybridized carbons (Fsp3) is 0.273. The van der Waals surface area contributed by atoms with E-state index in [1.807, 2.05) is 0 Å². The van der Waals surface area contributed by atoms with Crippen molar-refractivity contribution in [2.24, 2.45) is 0 Å². The van der Waals surface area contributed by atoms with Crippen LogP contribution in [0.2, 0.25) is 5.02 Å². The van der Waals surface area contributed by atoms with Crippen LogP contribution in [0.25, 0.3) is 0 Å². The molecule has 1 aliphatic heterocycles. The fourth-order valence-corrected chi connectivity index (χ4v) is 1.99. The van der Waals surface area contributed by atoms with Gasteiger partial charge in [0.2, 0.25) is 0 Å². The fourth-order valence-electron chi connectivity index (χ4n) is 1.81. The van der Waals surface area contributed by atoms with Gasteiger partial charge in [-0.25, -0.2) is 9.59 Å². The van der Waals surface area contributed by atoms with Gasteiger partial charge in [-0.2, -0.15) is 0 Å². The average Bonchev–Trinajstić information content (AvgIpc) is 2.53. The molecule has 0 aromatic heterocycles. The number of halogens is 1. The highest BCUT2D eigenvalue weighted by molar-refractivity contribution is 6.31. The highest BCUT2D eigenvalue weighted by atomic mass is 35.5. The molecule has 1 fully saturated rings. The molecule has 17 heavy (non-hydrogen) atoms. The van der Waals surface area contributed by atoms with E-state index in [9.17, 15) is 9.59 Å². The number of anilines is 1. The molecule has 1 amide bonds. The monoisotopic (exact) mass is 255 g/mol. The number of ether oxygens (including phenoxy) is 1. The second-order valence-corrected chi connectivity index (χ2v) is 4.16. The zero-order valence-corrected chi connectivity index (χ0v) is 9.72. The number of carbonyl (C=O) groups excluding carboxylic acids is 1. The number of aliphatic carboxylic acids is 1. The summed E-state index contributed by atoms with van der Waals surface area (Å²) in [5, 5.41) is 9.53. The zero-order valence-electron chi connectivity index (χ0n) is 8.96. The third kappa shape index (κ3) is 2.06. The second kappa shape index (κ2) is 4.25. The molecule has 6 heteroatoms. The summed E-state index contributed by atoms with van der Waals surface area (Å²) in [6, 6.07) is 5.40. The Morgan fingerprint density at radius 1 is 1.53 bits per heavy atom. The summed E-state index contributed by atoms with van der Waals surface area (Å²) < 4.78 is 4.91. The Labute approximate surface area is 103 Å². The SMILES string of the molecule is CC1OC(=O)N(c2cccc(Cl)c2)C1C(=O)O. The Balaban J connectivity index is 2.41. The number of cyclic esters (lactones) is 1. The third-order valence-corrected chi connectivity index (χ3v) is 2.78. The number of carboxylic acid groups (broad SMARTS) is 1. The summed E-state index contributed by atoms with van der Waals surface area (Å²) in [7, 11) is 0. The Kier molecular flexibility index (Phi) is 2.93. The Hall–Kier alpha value is -1.75. The molecule has 1 N–H and O–H groups in total. The van der Waals surface area contributed by atoms with Crippen molar-refractivity contribution in [3.8, 4) is 0 Å². The summed E-state index contributed by atoms with van der Waals surface area (Å²) >= 11 is 5.81. The minimum Gasteiger partial charge on any atom is -0.480 e. The van der Waals surface area contributed by atoms with Gasteiger partial charge in [0.15, 0.2) is 6.04 Å². The summed E-state index contributed by atoms with van der Waals surface area (Å²) in [4.78, 5) is 23.8. The summed E-state index contributed by atoms with van der Waals surface area (Å²) in [5.41, 5.74) is 0.416. The van der Waals surface area contributed by atoms with Crippen LogP contribution in [0.15, 0.2) is 24.3 Å². The maximum absolute atomic E-state index is 11.6. The lowest BCUT2D eigenvalue weighted by molar-refractivity contribution is -0.139. The predicted octanol–water partition coefficient (Wildman–Crippen LogP) is 2.14. The Bertz CT molecular complexity index is 476. The van der Waals surface area contributed by atoms with E-state index in [-0.39, 0.29) is 0 Å². The van der Waals surface area contributed by atoms with Gasteiger partial charge in [0.1, 0.15) is 6.10 Å². The van der Waals surface area contributed by atoms with Crippen LogP contribution < -0.4 is 4.90 Å². The van der Waals surface area contributed by atoms with Gasteiger partial charge in [-0.1, -0.05) is 17.7 Å². The van der Waals surface area contributed by atoms with Crippen LogP contribution in [0, 0.1) is 0 Å².